The number of hydrogen-bond acceptors (Lipinski definition) is 2. The molecule has 0 aliphatic rings. The summed E-state index contributed by atoms with van der Waals surface area (Å²) in [6.07, 6.45) is 0.576. The molecular weight excluding hydrogens is 200 g/mol. The van der Waals surface area contributed by atoms with E-state index in [9.17, 15) is 0 Å². The summed E-state index contributed by atoms with van der Waals surface area (Å²) in [7, 11) is 0. The minimum atomic E-state index is 0.125. The number of hydrogen-bond donors (Lipinski definition) is 2. The van der Waals surface area contributed by atoms with Gasteiger partial charge in [-0.2, -0.15) is 0 Å². The van der Waals surface area contributed by atoms with Crippen LogP contribution in [0.15, 0.2) is 24.3 Å². The van der Waals surface area contributed by atoms with Crippen molar-refractivity contribution >= 4 is 0 Å². The Morgan fingerprint density at radius 1 is 1.25 bits per heavy atom. The maximum atomic E-state index is 8.88. The van der Waals surface area contributed by atoms with Crippen LogP contribution in [0.4, 0.5) is 0 Å². The van der Waals surface area contributed by atoms with Crippen LogP contribution in [-0.2, 0) is 6.42 Å². The summed E-state index contributed by atoms with van der Waals surface area (Å²) in [5.74, 6) is 0.846. The molecule has 0 amide bonds. The van der Waals surface area contributed by atoms with Crippen molar-refractivity contribution in [1.82, 2.24) is 9.97 Å². The van der Waals surface area contributed by atoms with Crippen LogP contribution in [-0.4, -0.2) is 21.7 Å². The summed E-state index contributed by atoms with van der Waals surface area (Å²) in [5.41, 5.74) is 4.41. The first kappa shape index (κ1) is 10.9. The number of nitrogens with zero attached hydrogens (tertiary/aromatic N) is 1. The summed E-state index contributed by atoms with van der Waals surface area (Å²) in [4.78, 5) is 7.72. The van der Waals surface area contributed by atoms with E-state index in [2.05, 4.69) is 29.0 Å². The highest BCUT2D eigenvalue weighted by atomic mass is 16.3. The molecule has 0 saturated carbocycles. The SMILES string of the molecule is Cc1ccccc1-c1nc(CCO)[nH]c1C. The molecule has 2 aromatic rings. The first-order chi connectivity index (χ1) is 7.72. The molecule has 1 heterocycles. The van der Waals surface area contributed by atoms with Crippen molar-refractivity contribution in [3.05, 3.63) is 41.3 Å². The van der Waals surface area contributed by atoms with E-state index >= 15 is 0 Å². The number of aliphatic hydroxyl groups is 1. The molecule has 0 atom stereocenters. The summed E-state index contributed by atoms with van der Waals surface area (Å²) in [6, 6.07) is 8.19. The smallest absolute Gasteiger partial charge is 0.109 e. The average molecular weight is 216 g/mol. The van der Waals surface area contributed by atoms with E-state index in [0.717, 1.165) is 22.8 Å². The van der Waals surface area contributed by atoms with Crippen LogP contribution in [0.5, 0.6) is 0 Å². The fourth-order valence-electron chi connectivity index (χ4n) is 1.85. The van der Waals surface area contributed by atoms with Crippen LogP contribution < -0.4 is 0 Å². The molecule has 1 aromatic heterocycles. The Morgan fingerprint density at radius 2 is 2.00 bits per heavy atom. The Bertz CT molecular complexity index is 488. The zero-order valence-corrected chi connectivity index (χ0v) is 9.62. The zero-order valence-electron chi connectivity index (χ0n) is 9.62. The topological polar surface area (TPSA) is 48.9 Å². The predicted octanol–water partition coefficient (Wildman–Crippen LogP) is 2.23. The average Bonchev–Trinajstić information content (AvgIpc) is 2.61. The quantitative estimate of drug-likeness (QED) is 0.826. The molecule has 2 rings (SSSR count). The number of aryl methyl sites for hydroxylation is 2. The van der Waals surface area contributed by atoms with Crippen LogP contribution in [0.1, 0.15) is 17.1 Å². The fraction of sp³-hybridized carbons (Fsp3) is 0.308. The van der Waals surface area contributed by atoms with Gasteiger partial charge in [-0.15, -0.1) is 0 Å². The predicted molar refractivity (Wildman–Crippen MR) is 64.3 cm³/mol. The van der Waals surface area contributed by atoms with E-state index in [1.165, 1.54) is 5.56 Å². The third kappa shape index (κ3) is 1.99. The zero-order chi connectivity index (χ0) is 11.5. The molecule has 0 aliphatic carbocycles. The normalized spacial score (nSPS) is 10.7. The van der Waals surface area contributed by atoms with Gasteiger partial charge in [-0.05, 0) is 19.4 Å². The van der Waals surface area contributed by atoms with Crippen molar-refractivity contribution in [3.63, 3.8) is 0 Å². The second-order valence-electron chi connectivity index (χ2n) is 3.95. The van der Waals surface area contributed by atoms with Gasteiger partial charge in [0.25, 0.3) is 0 Å². The number of imidazole rings is 1. The monoisotopic (exact) mass is 216 g/mol. The van der Waals surface area contributed by atoms with E-state index in [4.69, 9.17) is 5.11 Å². The highest BCUT2D eigenvalue weighted by molar-refractivity contribution is 5.65. The number of rotatable bonds is 3. The number of aromatic nitrogens is 2. The van der Waals surface area contributed by atoms with E-state index in [-0.39, 0.29) is 6.61 Å². The van der Waals surface area contributed by atoms with Crippen molar-refractivity contribution in [2.45, 2.75) is 20.3 Å². The first-order valence-electron chi connectivity index (χ1n) is 5.44. The van der Waals surface area contributed by atoms with Crippen LogP contribution in [0.3, 0.4) is 0 Å². The van der Waals surface area contributed by atoms with E-state index in [1.54, 1.807) is 0 Å². The highest BCUT2D eigenvalue weighted by Crippen LogP contribution is 2.24. The molecule has 0 unspecified atom stereocenters. The maximum Gasteiger partial charge on any atom is 0.109 e. The largest absolute Gasteiger partial charge is 0.396 e. The van der Waals surface area contributed by atoms with E-state index < -0.39 is 0 Å². The number of aliphatic hydroxyl groups excluding tert-OH is 1. The molecule has 0 aliphatic heterocycles. The van der Waals surface area contributed by atoms with Crippen LogP contribution >= 0.6 is 0 Å². The van der Waals surface area contributed by atoms with Crippen molar-refractivity contribution in [2.75, 3.05) is 6.61 Å². The summed E-state index contributed by atoms with van der Waals surface area (Å²) < 4.78 is 0. The lowest BCUT2D eigenvalue weighted by Crippen LogP contribution is -1.92. The molecule has 0 fully saturated rings. The van der Waals surface area contributed by atoms with Gasteiger partial charge < -0.3 is 10.1 Å². The van der Waals surface area contributed by atoms with Gasteiger partial charge in [0.05, 0.1) is 12.3 Å². The molecule has 0 bridgehead atoms. The summed E-state index contributed by atoms with van der Waals surface area (Å²) in [5, 5.41) is 8.88. The van der Waals surface area contributed by atoms with Gasteiger partial charge in [0.1, 0.15) is 5.82 Å². The fourth-order valence-corrected chi connectivity index (χ4v) is 1.85. The Kier molecular flexibility index (Phi) is 3.06. The highest BCUT2D eigenvalue weighted by Gasteiger charge is 2.09. The first-order valence-corrected chi connectivity index (χ1v) is 5.44. The van der Waals surface area contributed by atoms with Gasteiger partial charge in [0, 0.05) is 17.7 Å². The van der Waals surface area contributed by atoms with Crippen LogP contribution in [0.2, 0.25) is 0 Å². The molecule has 0 spiro atoms. The van der Waals surface area contributed by atoms with Crippen LogP contribution in [0, 0.1) is 13.8 Å². The maximum absolute atomic E-state index is 8.88. The number of H-pyrrole nitrogens is 1. The molecule has 1 aromatic carbocycles. The van der Waals surface area contributed by atoms with Gasteiger partial charge >= 0.3 is 0 Å². The number of aromatic amines is 1. The van der Waals surface area contributed by atoms with Crippen molar-refractivity contribution in [3.8, 4) is 11.3 Å². The minimum Gasteiger partial charge on any atom is -0.396 e. The lowest BCUT2D eigenvalue weighted by atomic mass is 10.1. The van der Waals surface area contributed by atoms with Crippen molar-refractivity contribution < 1.29 is 5.11 Å². The van der Waals surface area contributed by atoms with Gasteiger partial charge in [-0.1, -0.05) is 24.3 Å². The molecule has 0 radical (unpaired) electrons. The Morgan fingerprint density at radius 3 is 2.69 bits per heavy atom. The van der Waals surface area contributed by atoms with Gasteiger partial charge in [-0.3, -0.25) is 0 Å². The van der Waals surface area contributed by atoms with Gasteiger partial charge in [0.15, 0.2) is 0 Å². The second-order valence-corrected chi connectivity index (χ2v) is 3.95. The van der Waals surface area contributed by atoms with E-state index in [1.807, 2.05) is 19.1 Å². The third-order valence-corrected chi connectivity index (χ3v) is 2.68. The summed E-state index contributed by atoms with van der Waals surface area (Å²) >= 11 is 0. The Balaban J connectivity index is 2.44. The molecular formula is C13H16N2O. The standard InChI is InChI=1S/C13H16N2O/c1-9-5-3-4-6-11(9)13-10(2)14-12(15-13)7-8-16/h3-6,16H,7-8H2,1-2H3,(H,14,15). The Hall–Kier alpha value is -1.61. The minimum absolute atomic E-state index is 0.125. The Labute approximate surface area is 95.2 Å². The lowest BCUT2D eigenvalue weighted by molar-refractivity contribution is 0.297. The van der Waals surface area contributed by atoms with Gasteiger partial charge in [-0.25, -0.2) is 4.98 Å². The second kappa shape index (κ2) is 4.49. The molecule has 0 saturated heterocycles. The number of benzene rings is 1. The van der Waals surface area contributed by atoms with Crippen LogP contribution in [0.25, 0.3) is 11.3 Å². The van der Waals surface area contributed by atoms with Crippen molar-refractivity contribution in [1.29, 1.82) is 0 Å². The molecule has 16 heavy (non-hydrogen) atoms. The lowest BCUT2D eigenvalue weighted by Gasteiger charge is -2.02. The summed E-state index contributed by atoms with van der Waals surface area (Å²) in [6.45, 7) is 4.21. The number of nitrogens with one attached hydrogen (secondary N) is 1. The molecule has 2 N–H and O–H groups in total. The van der Waals surface area contributed by atoms with Crippen molar-refractivity contribution in [2.24, 2.45) is 0 Å². The molecule has 3 nitrogen and oxygen atoms in total. The van der Waals surface area contributed by atoms with Gasteiger partial charge in [0.2, 0.25) is 0 Å². The molecule has 3 heteroatoms. The van der Waals surface area contributed by atoms with E-state index in [0.29, 0.717) is 6.42 Å². The third-order valence-electron chi connectivity index (χ3n) is 2.68. The molecule has 84 valence electrons.